The highest BCUT2D eigenvalue weighted by molar-refractivity contribution is 5.94. The Kier molecular flexibility index (Phi) is 6.76. The van der Waals surface area contributed by atoms with Gasteiger partial charge in [-0.1, -0.05) is 0 Å². The summed E-state index contributed by atoms with van der Waals surface area (Å²) in [4.78, 5) is 11.7. The number of amides is 1. The van der Waals surface area contributed by atoms with E-state index < -0.39 is 23.8 Å². The summed E-state index contributed by atoms with van der Waals surface area (Å²) < 4.78 is 44.1. The van der Waals surface area contributed by atoms with Crippen molar-refractivity contribution in [2.24, 2.45) is 5.73 Å². The molecule has 0 aliphatic carbocycles. The van der Waals surface area contributed by atoms with Gasteiger partial charge in [0.25, 0.3) is 0 Å². The van der Waals surface area contributed by atoms with Gasteiger partial charge in [-0.3, -0.25) is 4.79 Å². The first-order chi connectivity index (χ1) is 10.8. The second-order valence-electron chi connectivity index (χ2n) is 4.72. The minimum absolute atomic E-state index is 0. The fraction of sp³-hybridized carbons (Fsp3) is 0.286. The molecule has 0 radical (unpaired) electrons. The van der Waals surface area contributed by atoms with Crippen LogP contribution in [0, 0.1) is 0 Å². The van der Waals surface area contributed by atoms with Gasteiger partial charge in [0.15, 0.2) is 0 Å². The Hall–Kier alpha value is -2.10. The lowest BCUT2D eigenvalue weighted by Crippen LogP contribution is -2.39. The van der Waals surface area contributed by atoms with Crippen LogP contribution in [0.25, 0.3) is 5.69 Å². The SMILES string of the molecule is COCC(N)C(=O)Nc1ccc(-n2nccc2C(F)(F)F)cc1.Cl. The van der Waals surface area contributed by atoms with E-state index in [-0.39, 0.29) is 24.7 Å². The highest BCUT2D eigenvalue weighted by Crippen LogP contribution is 2.30. The number of anilines is 1. The molecule has 0 saturated heterocycles. The Labute approximate surface area is 142 Å². The van der Waals surface area contributed by atoms with Crippen molar-refractivity contribution in [3.63, 3.8) is 0 Å². The third kappa shape index (κ3) is 4.70. The van der Waals surface area contributed by atoms with Crippen LogP contribution < -0.4 is 11.1 Å². The molecule has 2 rings (SSSR count). The topological polar surface area (TPSA) is 82.2 Å². The molecule has 1 atom stereocenters. The second-order valence-corrected chi connectivity index (χ2v) is 4.72. The smallest absolute Gasteiger partial charge is 0.383 e. The van der Waals surface area contributed by atoms with Crippen LogP contribution in [-0.4, -0.2) is 35.4 Å². The summed E-state index contributed by atoms with van der Waals surface area (Å²) in [5.74, 6) is -0.449. The van der Waals surface area contributed by atoms with Gasteiger partial charge in [-0.2, -0.15) is 18.3 Å². The first-order valence-corrected chi connectivity index (χ1v) is 6.60. The van der Waals surface area contributed by atoms with Gasteiger partial charge in [0.2, 0.25) is 5.91 Å². The number of aromatic nitrogens is 2. The zero-order valence-corrected chi connectivity index (χ0v) is 13.4. The standard InChI is InChI=1S/C14H15F3N4O2.ClH/c1-23-8-11(18)13(22)20-9-2-4-10(5-3-9)21-12(6-7-19-21)14(15,16)17;/h2-7,11H,8,18H2,1H3,(H,20,22);1H. The number of hydrogen-bond donors (Lipinski definition) is 2. The Morgan fingerprint density at radius 3 is 2.50 bits per heavy atom. The van der Waals surface area contributed by atoms with Crippen molar-refractivity contribution in [2.75, 3.05) is 19.0 Å². The largest absolute Gasteiger partial charge is 0.433 e. The van der Waals surface area contributed by atoms with Crippen LogP contribution in [0.1, 0.15) is 5.69 Å². The predicted molar refractivity (Wildman–Crippen MR) is 84.3 cm³/mol. The fourth-order valence-corrected chi connectivity index (χ4v) is 1.90. The summed E-state index contributed by atoms with van der Waals surface area (Å²) in [5, 5.41) is 6.22. The van der Waals surface area contributed by atoms with Crippen LogP contribution in [0.4, 0.5) is 18.9 Å². The number of nitrogens with zero attached hydrogens (tertiary/aromatic N) is 2. The van der Waals surface area contributed by atoms with E-state index in [1.165, 1.54) is 31.4 Å². The van der Waals surface area contributed by atoms with Crippen molar-refractivity contribution in [3.05, 3.63) is 42.2 Å². The zero-order valence-electron chi connectivity index (χ0n) is 12.6. The van der Waals surface area contributed by atoms with Crippen LogP contribution in [0.3, 0.4) is 0 Å². The van der Waals surface area contributed by atoms with Gasteiger partial charge in [-0.15, -0.1) is 12.4 Å². The molecule has 0 aliphatic heterocycles. The lowest BCUT2D eigenvalue weighted by molar-refractivity contribution is -0.142. The summed E-state index contributed by atoms with van der Waals surface area (Å²) in [6.07, 6.45) is -3.43. The summed E-state index contributed by atoms with van der Waals surface area (Å²) in [5.41, 5.74) is 5.33. The summed E-state index contributed by atoms with van der Waals surface area (Å²) in [6, 6.07) is 5.82. The number of nitrogens with two attached hydrogens (primary N) is 1. The molecule has 2 aromatic rings. The Balaban J connectivity index is 0.00000288. The molecule has 1 amide bonds. The molecule has 1 unspecified atom stereocenters. The number of carbonyl (C=O) groups excluding carboxylic acids is 1. The van der Waals surface area contributed by atoms with Gasteiger partial charge in [0.1, 0.15) is 11.7 Å². The summed E-state index contributed by atoms with van der Waals surface area (Å²) in [7, 11) is 1.42. The number of methoxy groups -OCH3 is 1. The van der Waals surface area contributed by atoms with E-state index in [0.717, 1.165) is 16.9 Å². The lowest BCUT2D eigenvalue weighted by atomic mass is 10.2. The number of alkyl halides is 3. The molecule has 6 nitrogen and oxygen atoms in total. The van der Waals surface area contributed by atoms with Gasteiger partial charge in [0, 0.05) is 12.8 Å². The van der Waals surface area contributed by atoms with Crippen LogP contribution in [0.5, 0.6) is 0 Å². The van der Waals surface area contributed by atoms with Crippen molar-refractivity contribution in [3.8, 4) is 5.69 Å². The lowest BCUT2D eigenvalue weighted by Gasteiger charge is -2.13. The van der Waals surface area contributed by atoms with Gasteiger partial charge < -0.3 is 15.8 Å². The minimum Gasteiger partial charge on any atom is -0.383 e. The van der Waals surface area contributed by atoms with E-state index >= 15 is 0 Å². The van der Waals surface area contributed by atoms with E-state index in [2.05, 4.69) is 10.4 Å². The van der Waals surface area contributed by atoms with Gasteiger partial charge in [-0.25, -0.2) is 4.68 Å². The Morgan fingerprint density at radius 1 is 1.33 bits per heavy atom. The Morgan fingerprint density at radius 2 is 1.96 bits per heavy atom. The average Bonchev–Trinajstić information content (AvgIpc) is 2.98. The van der Waals surface area contributed by atoms with Crippen LogP contribution in [0.15, 0.2) is 36.5 Å². The molecule has 0 saturated carbocycles. The van der Waals surface area contributed by atoms with Gasteiger partial charge in [0.05, 0.1) is 18.5 Å². The van der Waals surface area contributed by atoms with Crippen molar-refractivity contribution in [1.29, 1.82) is 0 Å². The first-order valence-electron chi connectivity index (χ1n) is 6.60. The van der Waals surface area contributed by atoms with E-state index in [4.69, 9.17) is 10.5 Å². The van der Waals surface area contributed by atoms with E-state index in [9.17, 15) is 18.0 Å². The van der Waals surface area contributed by atoms with Gasteiger partial charge >= 0.3 is 6.18 Å². The number of carbonyl (C=O) groups is 1. The Bertz CT molecular complexity index is 673. The number of rotatable bonds is 5. The van der Waals surface area contributed by atoms with Crippen molar-refractivity contribution in [2.45, 2.75) is 12.2 Å². The van der Waals surface area contributed by atoms with Crippen LogP contribution in [-0.2, 0) is 15.7 Å². The van der Waals surface area contributed by atoms with Crippen LogP contribution >= 0.6 is 12.4 Å². The quantitative estimate of drug-likeness (QED) is 0.852. The molecule has 132 valence electrons. The molecular weight excluding hydrogens is 349 g/mol. The maximum absolute atomic E-state index is 12.8. The zero-order chi connectivity index (χ0) is 17.0. The number of nitrogens with one attached hydrogen (secondary N) is 1. The highest BCUT2D eigenvalue weighted by Gasteiger charge is 2.35. The van der Waals surface area contributed by atoms with Crippen LogP contribution in [0.2, 0.25) is 0 Å². The maximum Gasteiger partial charge on any atom is 0.433 e. The maximum atomic E-state index is 12.8. The molecule has 10 heteroatoms. The number of hydrogen-bond acceptors (Lipinski definition) is 4. The molecule has 3 N–H and O–H groups in total. The molecule has 0 bridgehead atoms. The molecule has 24 heavy (non-hydrogen) atoms. The van der Waals surface area contributed by atoms with Crippen molar-refractivity contribution in [1.82, 2.24) is 9.78 Å². The van der Waals surface area contributed by atoms with E-state index in [0.29, 0.717) is 5.69 Å². The predicted octanol–water partition coefficient (Wildman–Crippen LogP) is 2.23. The molecule has 0 spiro atoms. The van der Waals surface area contributed by atoms with Gasteiger partial charge in [-0.05, 0) is 30.3 Å². The normalized spacial score (nSPS) is 12.4. The molecule has 0 fully saturated rings. The number of benzene rings is 1. The van der Waals surface area contributed by atoms with E-state index in [1.807, 2.05) is 0 Å². The molecular formula is C14H16ClF3N4O2. The summed E-state index contributed by atoms with van der Waals surface area (Å²) in [6.45, 7) is 0.0617. The van der Waals surface area contributed by atoms with Crippen molar-refractivity contribution >= 4 is 24.0 Å². The number of halogens is 4. The monoisotopic (exact) mass is 364 g/mol. The fourth-order valence-electron chi connectivity index (χ4n) is 1.90. The minimum atomic E-state index is -4.50. The number of ether oxygens (including phenoxy) is 1. The third-order valence-electron chi connectivity index (χ3n) is 3.00. The molecule has 1 aromatic heterocycles. The molecule has 1 heterocycles. The molecule has 0 aliphatic rings. The van der Waals surface area contributed by atoms with E-state index in [1.54, 1.807) is 0 Å². The average molecular weight is 365 g/mol. The highest BCUT2D eigenvalue weighted by atomic mass is 35.5. The second kappa shape index (κ2) is 8.13. The third-order valence-corrected chi connectivity index (χ3v) is 3.00. The summed E-state index contributed by atoms with van der Waals surface area (Å²) >= 11 is 0. The van der Waals surface area contributed by atoms with Crippen molar-refractivity contribution < 1.29 is 22.7 Å². The molecule has 1 aromatic carbocycles. The first kappa shape index (κ1) is 19.9.